The first-order valence-corrected chi connectivity index (χ1v) is 6.50. The Morgan fingerprint density at radius 2 is 1.94 bits per heavy atom. The minimum Gasteiger partial charge on any atom is -0.481 e. The van der Waals surface area contributed by atoms with Crippen molar-refractivity contribution in [2.24, 2.45) is 5.92 Å². The molecular formula is C15H23NO2. The van der Waals surface area contributed by atoms with E-state index in [4.69, 9.17) is 5.11 Å². The van der Waals surface area contributed by atoms with Gasteiger partial charge in [-0.2, -0.15) is 0 Å². The van der Waals surface area contributed by atoms with Gasteiger partial charge in [-0.25, -0.2) is 0 Å². The summed E-state index contributed by atoms with van der Waals surface area (Å²) in [6.45, 7) is 6.28. The van der Waals surface area contributed by atoms with Crippen LogP contribution in [-0.2, 0) is 17.8 Å². The van der Waals surface area contributed by atoms with Crippen molar-refractivity contribution in [1.82, 2.24) is 4.90 Å². The van der Waals surface area contributed by atoms with Gasteiger partial charge >= 0.3 is 5.97 Å². The number of nitrogens with zero attached hydrogens (tertiary/aromatic N) is 1. The minimum absolute atomic E-state index is 0.105. The van der Waals surface area contributed by atoms with Crippen LogP contribution >= 0.6 is 0 Å². The maximum atomic E-state index is 10.8. The summed E-state index contributed by atoms with van der Waals surface area (Å²) in [7, 11) is 2.09. The average Bonchev–Trinajstić information content (AvgIpc) is 2.30. The standard InChI is InChI=1S/C15H23NO2/c1-4-12(2)10-16(3)11-14-8-6-5-7-13(14)9-15(17)18/h5-8,12H,4,9-11H2,1-3H3,(H,17,18). The van der Waals surface area contributed by atoms with Gasteiger partial charge < -0.3 is 10.0 Å². The van der Waals surface area contributed by atoms with E-state index in [1.807, 2.05) is 24.3 Å². The molecule has 1 N–H and O–H groups in total. The molecule has 1 aromatic rings. The summed E-state index contributed by atoms with van der Waals surface area (Å²) in [5.74, 6) is -0.103. The van der Waals surface area contributed by atoms with Crippen molar-refractivity contribution in [1.29, 1.82) is 0 Å². The molecule has 1 aromatic carbocycles. The zero-order valence-corrected chi connectivity index (χ0v) is 11.5. The number of hydrogen-bond donors (Lipinski definition) is 1. The van der Waals surface area contributed by atoms with Gasteiger partial charge in [-0.05, 0) is 24.1 Å². The number of hydrogen-bond acceptors (Lipinski definition) is 2. The highest BCUT2D eigenvalue weighted by molar-refractivity contribution is 5.70. The van der Waals surface area contributed by atoms with Crippen LogP contribution in [0.15, 0.2) is 24.3 Å². The summed E-state index contributed by atoms with van der Waals surface area (Å²) in [6.07, 6.45) is 1.27. The van der Waals surface area contributed by atoms with E-state index in [-0.39, 0.29) is 6.42 Å². The highest BCUT2D eigenvalue weighted by Gasteiger charge is 2.10. The molecular weight excluding hydrogens is 226 g/mol. The number of carbonyl (C=O) groups is 1. The van der Waals surface area contributed by atoms with E-state index in [0.717, 1.165) is 24.2 Å². The zero-order valence-electron chi connectivity index (χ0n) is 11.5. The molecule has 3 heteroatoms. The summed E-state index contributed by atoms with van der Waals surface area (Å²) in [5.41, 5.74) is 2.03. The van der Waals surface area contributed by atoms with Crippen molar-refractivity contribution in [3.05, 3.63) is 35.4 Å². The molecule has 0 radical (unpaired) electrons. The van der Waals surface area contributed by atoms with Gasteiger partial charge in [-0.15, -0.1) is 0 Å². The molecule has 0 fully saturated rings. The molecule has 0 aliphatic heterocycles. The van der Waals surface area contributed by atoms with Crippen LogP contribution in [0.4, 0.5) is 0 Å². The van der Waals surface area contributed by atoms with Crippen LogP contribution in [-0.4, -0.2) is 29.6 Å². The quantitative estimate of drug-likeness (QED) is 0.807. The van der Waals surface area contributed by atoms with E-state index in [0.29, 0.717) is 5.92 Å². The monoisotopic (exact) mass is 249 g/mol. The molecule has 1 rings (SSSR count). The fraction of sp³-hybridized carbons (Fsp3) is 0.533. The average molecular weight is 249 g/mol. The first kappa shape index (κ1) is 14.7. The molecule has 18 heavy (non-hydrogen) atoms. The predicted octanol–water partition coefficient (Wildman–Crippen LogP) is 2.79. The van der Waals surface area contributed by atoms with Crippen LogP contribution in [0.25, 0.3) is 0 Å². The first-order valence-electron chi connectivity index (χ1n) is 6.50. The van der Waals surface area contributed by atoms with E-state index < -0.39 is 5.97 Å². The number of aliphatic carboxylic acids is 1. The topological polar surface area (TPSA) is 40.5 Å². The molecule has 0 saturated heterocycles. The smallest absolute Gasteiger partial charge is 0.307 e. The molecule has 1 unspecified atom stereocenters. The van der Waals surface area contributed by atoms with Crippen molar-refractivity contribution in [2.75, 3.05) is 13.6 Å². The van der Waals surface area contributed by atoms with Gasteiger partial charge in [-0.3, -0.25) is 4.79 Å². The Bertz CT molecular complexity index is 390. The van der Waals surface area contributed by atoms with E-state index in [1.54, 1.807) is 0 Å². The van der Waals surface area contributed by atoms with Gasteiger partial charge in [0.25, 0.3) is 0 Å². The Balaban J connectivity index is 2.68. The second-order valence-corrected chi connectivity index (χ2v) is 5.05. The van der Waals surface area contributed by atoms with Gasteiger partial charge in [-0.1, -0.05) is 44.5 Å². The van der Waals surface area contributed by atoms with Crippen LogP contribution in [0, 0.1) is 5.92 Å². The van der Waals surface area contributed by atoms with E-state index >= 15 is 0 Å². The van der Waals surface area contributed by atoms with Crippen LogP contribution in [0.2, 0.25) is 0 Å². The van der Waals surface area contributed by atoms with Gasteiger partial charge in [0.1, 0.15) is 0 Å². The third kappa shape index (κ3) is 4.88. The van der Waals surface area contributed by atoms with Crippen LogP contribution < -0.4 is 0 Å². The summed E-state index contributed by atoms with van der Waals surface area (Å²) in [5, 5.41) is 8.90. The molecule has 1 atom stereocenters. The molecule has 0 saturated carbocycles. The van der Waals surface area contributed by atoms with Crippen LogP contribution in [0.1, 0.15) is 31.4 Å². The molecule has 100 valence electrons. The van der Waals surface area contributed by atoms with Crippen LogP contribution in [0.3, 0.4) is 0 Å². The highest BCUT2D eigenvalue weighted by Crippen LogP contribution is 2.13. The summed E-state index contributed by atoms with van der Waals surface area (Å²) in [4.78, 5) is 13.1. The summed E-state index contributed by atoms with van der Waals surface area (Å²) in [6, 6.07) is 7.79. The Hall–Kier alpha value is -1.35. The van der Waals surface area contributed by atoms with Crippen molar-refractivity contribution >= 4 is 5.97 Å². The number of carboxylic acid groups (broad SMARTS) is 1. The van der Waals surface area contributed by atoms with E-state index in [9.17, 15) is 4.79 Å². The van der Waals surface area contributed by atoms with Gasteiger partial charge in [0.15, 0.2) is 0 Å². The normalized spacial score (nSPS) is 12.7. The number of benzene rings is 1. The lowest BCUT2D eigenvalue weighted by Gasteiger charge is -2.21. The van der Waals surface area contributed by atoms with Gasteiger partial charge in [0.05, 0.1) is 6.42 Å². The SMILES string of the molecule is CCC(C)CN(C)Cc1ccccc1CC(=O)O. The molecule has 3 nitrogen and oxygen atoms in total. The second-order valence-electron chi connectivity index (χ2n) is 5.05. The molecule has 0 aliphatic rings. The Morgan fingerprint density at radius 1 is 1.33 bits per heavy atom. The lowest BCUT2D eigenvalue weighted by molar-refractivity contribution is -0.136. The molecule has 0 amide bonds. The predicted molar refractivity (Wildman–Crippen MR) is 73.6 cm³/mol. The maximum absolute atomic E-state index is 10.8. The number of rotatable bonds is 7. The zero-order chi connectivity index (χ0) is 13.5. The molecule has 0 spiro atoms. The molecule has 0 bridgehead atoms. The molecule has 0 heterocycles. The Labute approximate surface area is 109 Å². The number of carboxylic acids is 1. The van der Waals surface area contributed by atoms with E-state index in [2.05, 4.69) is 25.8 Å². The Morgan fingerprint density at radius 3 is 2.50 bits per heavy atom. The highest BCUT2D eigenvalue weighted by atomic mass is 16.4. The fourth-order valence-corrected chi connectivity index (χ4v) is 2.06. The first-order chi connectivity index (χ1) is 8.52. The summed E-state index contributed by atoms with van der Waals surface area (Å²) < 4.78 is 0. The molecule has 0 aliphatic carbocycles. The van der Waals surface area contributed by atoms with Crippen molar-refractivity contribution in [3.63, 3.8) is 0 Å². The summed E-state index contributed by atoms with van der Waals surface area (Å²) >= 11 is 0. The Kier molecular flexibility index (Phi) is 5.86. The maximum Gasteiger partial charge on any atom is 0.307 e. The van der Waals surface area contributed by atoms with Crippen molar-refractivity contribution < 1.29 is 9.90 Å². The van der Waals surface area contributed by atoms with E-state index in [1.165, 1.54) is 6.42 Å². The molecule has 0 aromatic heterocycles. The second kappa shape index (κ2) is 7.17. The fourth-order valence-electron chi connectivity index (χ4n) is 2.06. The van der Waals surface area contributed by atoms with Crippen LogP contribution in [0.5, 0.6) is 0 Å². The largest absolute Gasteiger partial charge is 0.481 e. The van der Waals surface area contributed by atoms with Gasteiger partial charge in [0.2, 0.25) is 0 Å². The van der Waals surface area contributed by atoms with Gasteiger partial charge in [0, 0.05) is 13.1 Å². The third-order valence-corrected chi connectivity index (χ3v) is 3.22. The lowest BCUT2D eigenvalue weighted by Crippen LogP contribution is -2.24. The van der Waals surface area contributed by atoms with Crippen molar-refractivity contribution in [2.45, 2.75) is 33.2 Å². The minimum atomic E-state index is -0.771. The van der Waals surface area contributed by atoms with Crippen molar-refractivity contribution in [3.8, 4) is 0 Å². The lowest BCUT2D eigenvalue weighted by atomic mass is 10.0. The third-order valence-electron chi connectivity index (χ3n) is 3.22.